The molecule has 3 amide bonds. The number of nitrogens with zero attached hydrogens (tertiary/aromatic N) is 1. The zero-order valence-electron chi connectivity index (χ0n) is 16.0. The standard InChI is InChI=1S/C20H24N2O6/c1-20(2,19(26)27)7-8-21-16(23)12-5-6-14-15(10-12)18(25)22(17(14)24)11-13-4-3-9-28-13/h5-6,10,13H,3-4,7-9,11H2,1-2H3,(H,21,23)(H,26,27). The highest BCUT2D eigenvalue weighted by atomic mass is 16.5. The van der Waals surface area contributed by atoms with Crippen molar-refractivity contribution in [3.8, 4) is 0 Å². The zero-order valence-corrected chi connectivity index (χ0v) is 16.0. The predicted octanol–water partition coefficient (Wildman–Crippen LogP) is 1.69. The van der Waals surface area contributed by atoms with Crippen molar-refractivity contribution >= 4 is 23.7 Å². The van der Waals surface area contributed by atoms with Gasteiger partial charge in [0.05, 0.1) is 29.2 Å². The van der Waals surface area contributed by atoms with Crippen molar-refractivity contribution in [3.63, 3.8) is 0 Å². The van der Waals surface area contributed by atoms with Crippen LogP contribution in [0.5, 0.6) is 0 Å². The fourth-order valence-corrected chi connectivity index (χ4v) is 3.29. The van der Waals surface area contributed by atoms with Gasteiger partial charge in [0, 0.05) is 18.7 Å². The van der Waals surface area contributed by atoms with E-state index < -0.39 is 23.2 Å². The highest BCUT2D eigenvalue weighted by Crippen LogP contribution is 2.26. The monoisotopic (exact) mass is 388 g/mol. The van der Waals surface area contributed by atoms with Gasteiger partial charge in [0.1, 0.15) is 0 Å². The number of carboxylic acids is 1. The van der Waals surface area contributed by atoms with Crippen molar-refractivity contribution < 1.29 is 29.0 Å². The summed E-state index contributed by atoms with van der Waals surface area (Å²) in [5.74, 6) is -2.14. The second kappa shape index (κ2) is 7.71. The topological polar surface area (TPSA) is 113 Å². The minimum atomic E-state index is -0.948. The molecule has 3 rings (SSSR count). The summed E-state index contributed by atoms with van der Waals surface area (Å²) in [6, 6.07) is 4.40. The summed E-state index contributed by atoms with van der Waals surface area (Å²) in [7, 11) is 0. The van der Waals surface area contributed by atoms with E-state index in [4.69, 9.17) is 9.84 Å². The molecule has 28 heavy (non-hydrogen) atoms. The van der Waals surface area contributed by atoms with Crippen LogP contribution in [0.2, 0.25) is 0 Å². The van der Waals surface area contributed by atoms with Crippen LogP contribution in [0.1, 0.15) is 64.2 Å². The smallest absolute Gasteiger partial charge is 0.309 e. The number of benzene rings is 1. The van der Waals surface area contributed by atoms with E-state index in [1.807, 2.05) is 0 Å². The van der Waals surface area contributed by atoms with Crippen molar-refractivity contribution in [3.05, 3.63) is 34.9 Å². The largest absolute Gasteiger partial charge is 0.481 e. The minimum Gasteiger partial charge on any atom is -0.481 e. The molecule has 1 saturated heterocycles. The van der Waals surface area contributed by atoms with Crippen LogP contribution >= 0.6 is 0 Å². The Hall–Kier alpha value is -2.74. The molecule has 0 bridgehead atoms. The first-order valence-corrected chi connectivity index (χ1v) is 9.34. The molecule has 0 saturated carbocycles. The van der Waals surface area contributed by atoms with E-state index in [-0.39, 0.29) is 48.2 Å². The highest BCUT2D eigenvalue weighted by molar-refractivity contribution is 6.22. The Kier molecular flexibility index (Phi) is 5.51. The number of carbonyl (C=O) groups is 4. The van der Waals surface area contributed by atoms with Crippen molar-refractivity contribution in [1.29, 1.82) is 0 Å². The summed E-state index contributed by atoms with van der Waals surface area (Å²) in [5, 5.41) is 11.8. The summed E-state index contributed by atoms with van der Waals surface area (Å²) < 4.78 is 5.51. The number of aliphatic carboxylic acids is 1. The number of rotatable bonds is 7. The molecule has 2 aliphatic heterocycles. The molecule has 8 heteroatoms. The first kappa shape index (κ1) is 20.0. The van der Waals surface area contributed by atoms with Gasteiger partial charge >= 0.3 is 5.97 Å². The van der Waals surface area contributed by atoms with E-state index in [1.54, 1.807) is 13.8 Å². The average Bonchev–Trinajstić information content (AvgIpc) is 3.24. The van der Waals surface area contributed by atoms with Gasteiger partial charge in [-0.05, 0) is 51.3 Å². The van der Waals surface area contributed by atoms with Crippen LogP contribution in [0, 0.1) is 5.41 Å². The summed E-state index contributed by atoms with van der Waals surface area (Å²) in [6.45, 7) is 4.22. The Labute approximate surface area is 162 Å². The van der Waals surface area contributed by atoms with Gasteiger partial charge in [-0.15, -0.1) is 0 Å². The Morgan fingerprint density at radius 1 is 1.25 bits per heavy atom. The molecule has 0 spiro atoms. The Morgan fingerprint density at radius 3 is 2.61 bits per heavy atom. The van der Waals surface area contributed by atoms with E-state index in [1.165, 1.54) is 23.1 Å². The third-order valence-corrected chi connectivity index (χ3v) is 5.26. The number of carbonyl (C=O) groups excluding carboxylic acids is 3. The molecule has 2 N–H and O–H groups in total. The molecule has 1 atom stereocenters. The first-order chi connectivity index (χ1) is 13.2. The number of ether oxygens (including phenoxy) is 1. The van der Waals surface area contributed by atoms with Crippen LogP contribution in [0.4, 0.5) is 0 Å². The van der Waals surface area contributed by atoms with Gasteiger partial charge in [0.2, 0.25) is 0 Å². The van der Waals surface area contributed by atoms with E-state index in [0.717, 1.165) is 12.8 Å². The van der Waals surface area contributed by atoms with Crippen LogP contribution in [0.25, 0.3) is 0 Å². The molecule has 0 aliphatic carbocycles. The number of amides is 3. The maximum Gasteiger partial charge on any atom is 0.309 e. The lowest BCUT2D eigenvalue weighted by Gasteiger charge is -2.18. The molecule has 8 nitrogen and oxygen atoms in total. The van der Waals surface area contributed by atoms with Crippen molar-refractivity contribution in [2.75, 3.05) is 19.7 Å². The maximum absolute atomic E-state index is 12.6. The molecule has 2 aliphatic rings. The lowest BCUT2D eigenvalue weighted by Crippen LogP contribution is -2.36. The van der Waals surface area contributed by atoms with Gasteiger partial charge in [-0.1, -0.05) is 0 Å². The van der Waals surface area contributed by atoms with E-state index in [0.29, 0.717) is 6.61 Å². The molecule has 1 aromatic carbocycles. The summed E-state index contributed by atoms with van der Waals surface area (Å²) >= 11 is 0. The third kappa shape index (κ3) is 3.91. The summed E-state index contributed by atoms with van der Waals surface area (Å²) in [5.41, 5.74) is -0.198. The normalized spacial score (nSPS) is 19.1. The molecule has 1 fully saturated rings. The molecule has 150 valence electrons. The predicted molar refractivity (Wildman–Crippen MR) is 99.2 cm³/mol. The van der Waals surface area contributed by atoms with Gasteiger partial charge in [-0.2, -0.15) is 0 Å². The van der Waals surface area contributed by atoms with Crippen molar-refractivity contribution in [2.45, 2.75) is 39.2 Å². The molecule has 2 heterocycles. The van der Waals surface area contributed by atoms with Gasteiger partial charge < -0.3 is 15.2 Å². The van der Waals surface area contributed by atoms with Gasteiger partial charge in [-0.25, -0.2) is 0 Å². The number of hydrogen-bond donors (Lipinski definition) is 2. The fourth-order valence-electron chi connectivity index (χ4n) is 3.29. The molecular weight excluding hydrogens is 364 g/mol. The van der Waals surface area contributed by atoms with Crippen LogP contribution < -0.4 is 5.32 Å². The summed E-state index contributed by atoms with van der Waals surface area (Å²) in [4.78, 5) is 49.8. The van der Waals surface area contributed by atoms with Crippen molar-refractivity contribution in [2.24, 2.45) is 5.41 Å². The number of imide groups is 1. The van der Waals surface area contributed by atoms with E-state index >= 15 is 0 Å². The number of nitrogens with one attached hydrogen (secondary N) is 1. The van der Waals surface area contributed by atoms with Gasteiger partial charge in [-0.3, -0.25) is 24.1 Å². The van der Waals surface area contributed by atoms with Crippen LogP contribution in [-0.2, 0) is 9.53 Å². The van der Waals surface area contributed by atoms with Crippen molar-refractivity contribution in [1.82, 2.24) is 10.2 Å². The van der Waals surface area contributed by atoms with Crippen LogP contribution in [0.3, 0.4) is 0 Å². The first-order valence-electron chi connectivity index (χ1n) is 9.34. The average molecular weight is 388 g/mol. The van der Waals surface area contributed by atoms with Gasteiger partial charge in [0.25, 0.3) is 17.7 Å². The molecule has 0 radical (unpaired) electrons. The molecular formula is C20H24N2O6. The summed E-state index contributed by atoms with van der Waals surface area (Å²) in [6.07, 6.45) is 1.86. The van der Waals surface area contributed by atoms with Gasteiger partial charge in [0.15, 0.2) is 0 Å². The SMILES string of the molecule is CC(C)(CCNC(=O)c1ccc2c(c1)C(=O)N(CC1CCCO1)C2=O)C(=O)O. The molecule has 1 aromatic rings. The third-order valence-electron chi connectivity index (χ3n) is 5.26. The molecule has 1 unspecified atom stereocenters. The fraction of sp³-hybridized carbons (Fsp3) is 0.500. The Balaban J connectivity index is 1.66. The Morgan fingerprint density at radius 2 is 1.96 bits per heavy atom. The number of hydrogen-bond acceptors (Lipinski definition) is 5. The zero-order chi connectivity index (χ0) is 20.5. The lowest BCUT2D eigenvalue weighted by molar-refractivity contribution is -0.147. The molecule has 0 aromatic heterocycles. The van der Waals surface area contributed by atoms with E-state index in [2.05, 4.69) is 5.32 Å². The van der Waals surface area contributed by atoms with Crippen LogP contribution in [-0.4, -0.2) is 59.5 Å². The highest BCUT2D eigenvalue weighted by Gasteiger charge is 2.38. The second-order valence-corrected chi connectivity index (χ2v) is 7.81. The minimum absolute atomic E-state index is 0.137. The Bertz CT molecular complexity index is 826. The lowest BCUT2D eigenvalue weighted by atomic mass is 9.89. The maximum atomic E-state index is 12.6. The number of fused-ring (bicyclic) bond motifs is 1. The second-order valence-electron chi connectivity index (χ2n) is 7.81. The quantitative estimate of drug-likeness (QED) is 0.688. The van der Waals surface area contributed by atoms with E-state index in [9.17, 15) is 19.2 Å². The van der Waals surface area contributed by atoms with Crippen LogP contribution in [0.15, 0.2) is 18.2 Å². The number of carboxylic acid groups (broad SMARTS) is 1.